The summed E-state index contributed by atoms with van der Waals surface area (Å²) < 4.78 is 5.01. The maximum Gasteiger partial charge on any atom is 0.292 e. The summed E-state index contributed by atoms with van der Waals surface area (Å²) in [6.07, 6.45) is -0.618. The van der Waals surface area contributed by atoms with E-state index in [1.54, 1.807) is 12.1 Å². The molecular weight excluding hydrogens is 340 g/mol. The fourth-order valence-corrected chi connectivity index (χ4v) is 2.27. The van der Waals surface area contributed by atoms with Gasteiger partial charge in [0.1, 0.15) is 5.75 Å². The lowest BCUT2D eigenvalue weighted by molar-refractivity contribution is -0.385. The van der Waals surface area contributed by atoms with Crippen molar-refractivity contribution in [2.75, 3.05) is 12.4 Å². The summed E-state index contributed by atoms with van der Waals surface area (Å²) in [5, 5.41) is 13.2. The molecule has 0 aliphatic carbocycles. The van der Waals surface area contributed by atoms with Crippen LogP contribution in [0.2, 0.25) is 0 Å². The summed E-state index contributed by atoms with van der Waals surface area (Å²) in [5.74, 6) is -2.02. The Bertz CT molecular complexity index is 891. The van der Waals surface area contributed by atoms with Crippen molar-refractivity contribution >= 4 is 28.8 Å². The van der Waals surface area contributed by atoms with Crippen molar-refractivity contribution in [2.24, 2.45) is 0 Å². The number of methoxy groups -OCH3 is 1. The van der Waals surface area contributed by atoms with Crippen molar-refractivity contribution in [2.45, 2.75) is 13.3 Å². The lowest BCUT2D eigenvalue weighted by Gasteiger charge is -2.08. The molecule has 26 heavy (non-hydrogen) atoms. The monoisotopic (exact) mass is 356 g/mol. The Balaban J connectivity index is 2.08. The van der Waals surface area contributed by atoms with E-state index < -0.39 is 28.8 Å². The van der Waals surface area contributed by atoms with Crippen LogP contribution in [-0.4, -0.2) is 29.5 Å². The van der Waals surface area contributed by atoms with Crippen molar-refractivity contribution in [3.05, 3.63) is 63.7 Å². The number of rotatable bonds is 7. The fourth-order valence-electron chi connectivity index (χ4n) is 2.27. The highest BCUT2D eigenvalue weighted by atomic mass is 16.6. The molecule has 0 heterocycles. The standard InChI is InChI=1S/C18H16N2O6/c1-11-14(7-4-8-15(11)20(24)25)19-18(23)17(22)10-16(21)12-5-3-6-13(9-12)26-2/h3-9H,10H2,1-2H3,(H,19,23). The third-order valence-electron chi connectivity index (χ3n) is 3.72. The van der Waals surface area contributed by atoms with Crippen LogP contribution in [0.3, 0.4) is 0 Å². The van der Waals surface area contributed by atoms with E-state index in [4.69, 9.17) is 4.74 Å². The number of carbonyl (C=O) groups is 3. The normalized spacial score (nSPS) is 10.1. The number of ketones is 2. The molecular formula is C18H16N2O6. The maximum absolute atomic E-state index is 12.1. The smallest absolute Gasteiger partial charge is 0.292 e. The minimum atomic E-state index is -1.01. The van der Waals surface area contributed by atoms with Crippen LogP contribution in [0.5, 0.6) is 5.75 Å². The van der Waals surface area contributed by atoms with Gasteiger partial charge in [0, 0.05) is 11.6 Å². The number of nitro groups is 1. The number of hydrogen-bond donors (Lipinski definition) is 1. The molecule has 0 saturated heterocycles. The van der Waals surface area contributed by atoms with Gasteiger partial charge in [-0.1, -0.05) is 18.2 Å². The van der Waals surface area contributed by atoms with Gasteiger partial charge in [0.2, 0.25) is 5.78 Å². The lowest BCUT2D eigenvalue weighted by Crippen LogP contribution is -2.25. The van der Waals surface area contributed by atoms with Gasteiger partial charge in [-0.15, -0.1) is 0 Å². The molecule has 2 aromatic carbocycles. The van der Waals surface area contributed by atoms with Gasteiger partial charge in [0.15, 0.2) is 5.78 Å². The van der Waals surface area contributed by atoms with Crippen LogP contribution in [0.25, 0.3) is 0 Å². The Morgan fingerprint density at radius 3 is 2.50 bits per heavy atom. The molecule has 1 N–H and O–H groups in total. The minimum Gasteiger partial charge on any atom is -0.497 e. The molecule has 8 nitrogen and oxygen atoms in total. The molecule has 2 rings (SSSR count). The highest BCUT2D eigenvalue weighted by molar-refractivity contribution is 6.44. The number of nitrogens with zero attached hydrogens (tertiary/aromatic N) is 1. The molecule has 1 amide bonds. The van der Waals surface area contributed by atoms with Crippen LogP contribution in [0.1, 0.15) is 22.3 Å². The Morgan fingerprint density at radius 2 is 1.85 bits per heavy atom. The third kappa shape index (κ3) is 4.29. The maximum atomic E-state index is 12.1. The Kier molecular flexibility index (Phi) is 5.79. The highest BCUT2D eigenvalue weighted by Crippen LogP contribution is 2.25. The molecule has 8 heteroatoms. The summed E-state index contributed by atoms with van der Waals surface area (Å²) in [5.41, 5.74) is 0.434. The first-order valence-electron chi connectivity index (χ1n) is 7.59. The molecule has 0 fully saturated rings. The number of benzene rings is 2. The van der Waals surface area contributed by atoms with Gasteiger partial charge in [-0.25, -0.2) is 0 Å². The summed E-state index contributed by atoms with van der Waals surface area (Å²) in [4.78, 5) is 46.5. The first-order chi connectivity index (χ1) is 12.3. The number of amides is 1. The van der Waals surface area contributed by atoms with E-state index in [1.807, 2.05) is 0 Å². The van der Waals surface area contributed by atoms with Crippen LogP contribution in [0, 0.1) is 17.0 Å². The number of nitro benzene ring substituents is 1. The minimum absolute atomic E-state index is 0.145. The number of ether oxygens (including phenoxy) is 1. The zero-order valence-corrected chi connectivity index (χ0v) is 14.1. The van der Waals surface area contributed by atoms with Crippen LogP contribution < -0.4 is 10.1 Å². The third-order valence-corrected chi connectivity index (χ3v) is 3.72. The summed E-state index contributed by atoms with van der Waals surface area (Å²) in [6, 6.07) is 10.4. The Morgan fingerprint density at radius 1 is 1.15 bits per heavy atom. The van der Waals surface area contributed by atoms with Gasteiger partial charge in [0.25, 0.3) is 11.6 Å². The van der Waals surface area contributed by atoms with E-state index in [9.17, 15) is 24.5 Å². The number of hydrogen-bond acceptors (Lipinski definition) is 6. The lowest BCUT2D eigenvalue weighted by atomic mass is 10.1. The van der Waals surface area contributed by atoms with Gasteiger partial charge >= 0.3 is 0 Å². The summed E-state index contributed by atoms with van der Waals surface area (Å²) in [6.45, 7) is 1.46. The molecule has 0 saturated carbocycles. The molecule has 0 spiro atoms. The van der Waals surface area contributed by atoms with E-state index in [1.165, 1.54) is 44.4 Å². The highest BCUT2D eigenvalue weighted by Gasteiger charge is 2.21. The van der Waals surface area contributed by atoms with E-state index in [0.717, 1.165) is 0 Å². The van der Waals surface area contributed by atoms with Gasteiger partial charge in [-0.05, 0) is 25.1 Å². The Labute approximate surface area is 148 Å². The Hall–Kier alpha value is -3.55. The van der Waals surface area contributed by atoms with E-state index >= 15 is 0 Å². The number of anilines is 1. The topological polar surface area (TPSA) is 116 Å². The number of Topliss-reactive ketones (excluding diaryl/α,β-unsaturated/α-hetero) is 2. The second-order valence-corrected chi connectivity index (χ2v) is 5.42. The van der Waals surface area contributed by atoms with Crippen LogP contribution >= 0.6 is 0 Å². The van der Waals surface area contributed by atoms with Crippen LogP contribution in [0.4, 0.5) is 11.4 Å². The molecule has 0 unspecified atom stereocenters. The van der Waals surface area contributed by atoms with E-state index in [2.05, 4.69) is 5.32 Å². The first kappa shape index (κ1) is 18.8. The van der Waals surface area contributed by atoms with Crippen LogP contribution in [-0.2, 0) is 9.59 Å². The van der Waals surface area contributed by atoms with Crippen molar-refractivity contribution in [3.63, 3.8) is 0 Å². The average Bonchev–Trinajstić information content (AvgIpc) is 2.63. The predicted octanol–water partition coefficient (Wildman–Crippen LogP) is 2.69. The first-order valence-corrected chi connectivity index (χ1v) is 7.59. The SMILES string of the molecule is COc1cccc(C(=O)CC(=O)C(=O)Nc2cccc([N+](=O)[O-])c2C)c1. The van der Waals surface area contributed by atoms with Gasteiger partial charge in [-0.3, -0.25) is 24.5 Å². The van der Waals surface area contributed by atoms with Crippen molar-refractivity contribution < 1.29 is 24.0 Å². The molecule has 2 aromatic rings. The average molecular weight is 356 g/mol. The second-order valence-electron chi connectivity index (χ2n) is 5.42. The molecule has 0 aromatic heterocycles. The summed E-state index contributed by atoms with van der Waals surface area (Å²) >= 11 is 0. The van der Waals surface area contributed by atoms with Gasteiger partial charge in [0.05, 0.1) is 29.7 Å². The second kappa shape index (κ2) is 8.02. The number of nitrogens with one attached hydrogen (secondary N) is 1. The molecule has 0 radical (unpaired) electrons. The van der Waals surface area contributed by atoms with E-state index in [-0.39, 0.29) is 22.5 Å². The fraction of sp³-hybridized carbons (Fsp3) is 0.167. The predicted molar refractivity (Wildman–Crippen MR) is 93.4 cm³/mol. The van der Waals surface area contributed by atoms with Gasteiger partial charge in [-0.2, -0.15) is 0 Å². The van der Waals surface area contributed by atoms with Crippen molar-refractivity contribution in [1.29, 1.82) is 0 Å². The summed E-state index contributed by atoms with van der Waals surface area (Å²) in [7, 11) is 1.45. The van der Waals surface area contributed by atoms with E-state index in [0.29, 0.717) is 5.75 Å². The number of carbonyl (C=O) groups excluding carboxylic acids is 3. The molecule has 134 valence electrons. The largest absolute Gasteiger partial charge is 0.497 e. The zero-order chi connectivity index (χ0) is 19.3. The van der Waals surface area contributed by atoms with Crippen LogP contribution in [0.15, 0.2) is 42.5 Å². The quantitative estimate of drug-likeness (QED) is 0.268. The van der Waals surface area contributed by atoms with Gasteiger partial charge < -0.3 is 10.1 Å². The molecule has 0 bridgehead atoms. The molecule has 0 aliphatic heterocycles. The molecule has 0 atom stereocenters. The van der Waals surface area contributed by atoms with Crippen molar-refractivity contribution in [3.8, 4) is 5.75 Å². The van der Waals surface area contributed by atoms with Crippen molar-refractivity contribution in [1.82, 2.24) is 0 Å². The molecule has 0 aliphatic rings. The zero-order valence-electron chi connectivity index (χ0n) is 14.1.